The summed E-state index contributed by atoms with van der Waals surface area (Å²) in [5.41, 5.74) is 1.63. The Balaban J connectivity index is 1.27. The first-order chi connectivity index (χ1) is 15.4. The van der Waals surface area contributed by atoms with Crippen LogP contribution in [0.1, 0.15) is 12.8 Å². The van der Waals surface area contributed by atoms with Gasteiger partial charge in [-0.1, -0.05) is 30.0 Å². The van der Waals surface area contributed by atoms with Crippen LogP contribution in [0.2, 0.25) is 0 Å². The van der Waals surface area contributed by atoms with E-state index in [0.717, 1.165) is 24.6 Å². The molecule has 0 aliphatic carbocycles. The quantitative estimate of drug-likeness (QED) is 0.390. The van der Waals surface area contributed by atoms with Crippen molar-refractivity contribution in [1.29, 1.82) is 0 Å². The maximum absolute atomic E-state index is 12.7. The number of carbonyl (C=O) groups excluding carboxylic acids is 2. The highest BCUT2D eigenvalue weighted by Gasteiger charge is 2.27. The van der Waals surface area contributed by atoms with Crippen molar-refractivity contribution in [1.82, 2.24) is 9.29 Å². The lowest BCUT2D eigenvalue weighted by Gasteiger charge is -2.16. The number of amides is 1. The van der Waals surface area contributed by atoms with Gasteiger partial charge in [-0.15, -0.1) is 0 Å². The Hall–Kier alpha value is -2.89. The smallest absolute Gasteiger partial charge is 0.316 e. The molecular formula is C21H21N3O6S2. The first-order valence-corrected chi connectivity index (χ1v) is 12.4. The summed E-state index contributed by atoms with van der Waals surface area (Å²) >= 11 is 1.07. The number of anilines is 1. The number of benzene rings is 2. The van der Waals surface area contributed by atoms with Crippen molar-refractivity contribution in [2.24, 2.45) is 0 Å². The summed E-state index contributed by atoms with van der Waals surface area (Å²) in [7, 11) is -3.59. The largest absolute Gasteiger partial charge is 0.455 e. The van der Waals surface area contributed by atoms with Crippen LogP contribution in [0.5, 0.6) is 0 Å². The second-order valence-corrected chi connectivity index (χ2v) is 9.95. The Morgan fingerprint density at radius 1 is 1.12 bits per heavy atom. The summed E-state index contributed by atoms with van der Waals surface area (Å²) in [5.74, 6) is -1.23. The van der Waals surface area contributed by atoms with E-state index in [1.54, 1.807) is 24.3 Å². The molecule has 1 saturated heterocycles. The van der Waals surface area contributed by atoms with Crippen molar-refractivity contribution in [3.8, 4) is 0 Å². The van der Waals surface area contributed by atoms with Crippen LogP contribution >= 0.6 is 11.8 Å². The number of oxazole rings is 1. The minimum absolute atomic E-state index is 0.0658. The van der Waals surface area contributed by atoms with E-state index in [-0.39, 0.29) is 10.6 Å². The van der Waals surface area contributed by atoms with Crippen molar-refractivity contribution in [2.75, 3.05) is 30.8 Å². The Labute approximate surface area is 189 Å². The normalized spacial score (nSPS) is 14.5. The number of rotatable bonds is 8. The molecule has 0 saturated carbocycles. The molecule has 9 nitrogen and oxygen atoms in total. The molecule has 0 radical (unpaired) electrons. The molecule has 1 fully saturated rings. The van der Waals surface area contributed by atoms with Crippen LogP contribution in [-0.4, -0.2) is 55.0 Å². The molecule has 1 N–H and O–H groups in total. The Kier molecular flexibility index (Phi) is 6.77. The van der Waals surface area contributed by atoms with E-state index in [0.29, 0.717) is 35.1 Å². The number of hydrogen-bond acceptors (Lipinski definition) is 8. The van der Waals surface area contributed by atoms with Gasteiger partial charge >= 0.3 is 5.97 Å². The van der Waals surface area contributed by atoms with E-state index >= 15 is 0 Å². The van der Waals surface area contributed by atoms with Crippen molar-refractivity contribution in [2.45, 2.75) is 23.0 Å². The lowest BCUT2D eigenvalue weighted by atomic mass is 10.3. The maximum atomic E-state index is 12.7. The predicted octanol–water partition coefficient (Wildman–Crippen LogP) is 2.89. The van der Waals surface area contributed by atoms with Gasteiger partial charge in [-0.05, 0) is 43.2 Å². The first kappa shape index (κ1) is 22.3. The summed E-state index contributed by atoms with van der Waals surface area (Å²) in [5, 5.41) is 2.89. The molecule has 1 aliphatic rings. The number of thioether (sulfide) groups is 1. The van der Waals surface area contributed by atoms with Gasteiger partial charge in [0.15, 0.2) is 12.2 Å². The molecule has 32 heavy (non-hydrogen) atoms. The van der Waals surface area contributed by atoms with Crippen LogP contribution < -0.4 is 5.32 Å². The van der Waals surface area contributed by atoms with E-state index in [1.807, 2.05) is 12.1 Å². The van der Waals surface area contributed by atoms with Crippen molar-refractivity contribution in [3.63, 3.8) is 0 Å². The number of para-hydroxylation sites is 2. The monoisotopic (exact) mass is 475 g/mol. The van der Waals surface area contributed by atoms with Crippen molar-refractivity contribution >= 4 is 50.4 Å². The fraction of sp³-hybridized carbons (Fsp3) is 0.286. The Bertz CT molecular complexity index is 1200. The second-order valence-electron chi connectivity index (χ2n) is 7.08. The second kappa shape index (κ2) is 9.72. The minimum atomic E-state index is -3.59. The van der Waals surface area contributed by atoms with E-state index in [9.17, 15) is 18.0 Å². The summed E-state index contributed by atoms with van der Waals surface area (Å²) in [4.78, 5) is 28.4. The highest BCUT2D eigenvalue weighted by Crippen LogP contribution is 2.24. The molecule has 3 aromatic rings. The number of carbonyl (C=O) groups is 2. The SMILES string of the molecule is O=C(COC(=O)CSc1nc2ccccc2o1)Nc1cccc(S(=O)(=O)N2CCCC2)c1. The van der Waals surface area contributed by atoms with Gasteiger partial charge in [0, 0.05) is 18.8 Å². The molecular weight excluding hydrogens is 454 g/mol. The van der Waals surface area contributed by atoms with Gasteiger partial charge in [0.1, 0.15) is 11.3 Å². The number of nitrogens with one attached hydrogen (secondary N) is 1. The van der Waals surface area contributed by atoms with Gasteiger partial charge in [-0.25, -0.2) is 13.4 Å². The molecule has 0 bridgehead atoms. The highest BCUT2D eigenvalue weighted by atomic mass is 32.2. The number of hydrogen-bond donors (Lipinski definition) is 1. The topological polar surface area (TPSA) is 119 Å². The van der Waals surface area contributed by atoms with Gasteiger partial charge in [0.2, 0.25) is 10.0 Å². The minimum Gasteiger partial charge on any atom is -0.455 e. The van der Waals surface area contributed by atoms with Gasteiger partial charge in [0.25, 0.3) is 11.1 Å². The molecule has 2 heterocycles. The van der Waals surface area contributed by atoms with Gasteiger partial charge in [-0.2, -0.15) is 4.31 Å². The van der Waals surface area contributed by atoms with Gasteiger partial charge in [0.05, 0.1) is 4.90 Å². The third kappa shape index (κ3) is 5.29. The fourth-order valence-corrected chi connectivity index (χ4v) is 5.43. The zero-order valence-electron chi connectivity index (χ0n) is 17.0. The summed E-state index contributed by atoms with van der Waals surface area (Å²) in [6.07, 6.45) is 1.68. The van der Waals surface area contributed by atoms with Gasteiger partial charge < -0.3 is 14.5 Å². The molecule has 1 aliphatic heterocycles. The molecule has 168 valence electrons. The van der Waals surface area contributed by atoms with Crippen LogP contribution in [0.25, 0.3) is 11.1 Å². The average Bonchev–Trinajstić information content (AvgIpc) is 3.46. The number of aromatic nitrogens is 1. The standard InChI is InChI=1S/C21H21N3O6S2/c25-19(13-29-20(26)14-31-21-23-17-8-1-2-9-18(17)30-21)22-15-6-5-7-16(12-15)32(27,28)24-10-3-4-11-24/h1-2,5-9,12H,3-4,10-11,13-14H2,(H,22,25). The number of fused-ring (bicyclic) bond motifs is 1. The molecule has 0 spiro atoms. The van der Waals surface area contributed by atoms with Crippen molar-refractivity contribution in [3.05, 3.63) is 48.5 Å². The lowest BCUT2D eigenvalue weighted by Crippen LogP contribution is -2.28. The van der Waals surface area contributed by atoms with Crippen LogP contribution in [0.4, 0.5) is 5.69 Å². The van der Waals surface area contributed by atoms with E-state index in [1.165, 1.54) is 16.4 Å². The summed E-state index contributed by atoms with van der Waals surface area (Å²) < 4.78 is 37.3. The molecule has 0 atom stereocenters. The third-order valence-corrected chi connectivity index (χ3v) is 7.47. The lowest BCUT2D eigenvalue weighted by molar-refractivity contribution is -0.144. The molecule has 0 unspecified atom stereocenters. The van der Waals surface area contributed by atoms with Crippen LogP contribution in [0.3, 0.4) is 0 Å². The zero-order chi connectivity index (χ0) is 22.6. The Morgan fingerprint density at radius 2 is 1.91 bits per heavy atom. The van der Waals surface area contributed by atoms with Crippen LogP contribution in [-0.2, 0) is 24.3 Å². The number of nitrogens with zero attached hydrogens (tertiary/aromatic N) is 2. The van der Waals surface area contributed by atoms with E-state index in [2.05, 4.69) is 10.3 Å². The molecule has 1 aromatic heterocycles. The van der Waals surface area contributed by atoms with Gasteiger partial charge in [-0.3, -0.25) is 9.59 Å². The zero-order valence-corrected chi connectivity index (χ0v) is 18.7. The number of ether oxygens (including phenoxy) is 1. The fourth-order valence-electron chi connectivity index (χ4n) is 3.23. The third-order valence-electron chi connectivity index (χ3n) is 4.77. The molecule has 11 heteroatoms. The summed E-state index contributed by atoms with van der Waals surface area (Å²) in [6.45, 7) is 0.503. The van der Waals surface area contributed by atoms with E-state index in [4.69, 9.17) is 9.15 Å². The number of esters is 1. The molecule has 1 amide bonds. The van der Waals surface area contributed by atoms with Crippen molar-refractivity contribution < 1.29 is 27.2 Å². The Morgan fingerprint density at radius 3 is 2.69 bits per heavy atom. The van der Waals surface area contributed by atoms with E-state index < -0.39 is 28.5 Å². The number of sulfonamides is 1. The van der Waals surface area contributed by atoms with Crippen LogP contribution in [0.15, 0.2) is 63.1 Å². The maximum Gasteiger partial charge on any atom is 0.316 e. The predicted molar refractivity (Wildman–Crippen MR) is 119 cm³/mol. The first-order valence-electron chi connectivity index (χ1n) is 9.96. The average molecular weight is 476 g/mol. The van der Waals surface area contributed by atoms with Crippen LogP contribution in [0, 0.1) is 0 Å². The molecule has 2 aromatic carbocycles. The summed E-state index contributed by atoms with van der Waals surface area (Å²) in [6, 6.07) is 13.3. The molecule has 4 rings (SSSR count). The highest BCUT2D eigenvalue weighted by molar-refractivity contribution is 7.99.